The molecule has 13 heteroatoms. The van der Waals surface area contributed by atoms with E-state index < -0.39 is 69.6 Å². The predicted octanol–water partition coefficient (Wildman–Crippen LogP) is 1.93. The first-order chi connectivity index (χ1) is 17.8. The van der Waals surface area contributed by atoms with Crippen LogP contribution in [-0.2, 0) is 27.3 Å². The van der Waals surface area contributed by atoms with Gasteiger partial charge in [0.1, 0.15) is 28.7 Å². The Morgan fingerprint density at radius 2 is 1.88 bits per heavy atom. The molecule has 6 N–H and O–H groups in total. The topological polar surface area (TPSA) is 165 Å². The van der Waals surface area contributed by atoms with Gasteiger partial charge in [-0.05, 0) is 65.2 Å². The summed E-state index contributed by atoms with van der Waals surface area (Å²) in [4.78, 5) is 42.5. The number of amides is 1. The molecule has 0 radical (unpaired) electrons. The maximum atomic E-state index is 15.9. The Kier molecular flexibility index (Phi) is 8.70. The highest BCUT2D eigenvalue weighted by Crippen LogP contribution is 2.53. The summed E-state index contributed by atoms with van der Waals surface area (Å²) in [5.74, 6) is -8.10. The standard InChI is InChI=1S/C27H32FN3O7.2ClH/c1-11-5-4-6-31(11)10-13-9-16(32)18-14(20(13)28)7-12-8-15-21(30(2)3)23(34)19(26(29)37)25(36)27(15,38)24(35)17(12)22(18)33;;/h9,11-12,15,21,32-33,36,38H,4-8,10H2,1-3H3,(H2,29,37);2*1H/t11-,12-,15-,21-,27-;;/m0../s1. The Balaban J connectivity index is 0.00000220. The number of halogens is 3. The predicted molar refractivity (Wildman–Crippen MR) is 148 cm³/mol. The van der Waals surface area contributed by atoms with Crippen LogP contribution >= 0.6 is 24.8 Å². The Morgan fingerprint density at radius 1 is 1.23 bits per heavy atom. The smallest absolute Gasteiger partial charge is 0.255 e. The third-order valence-electron chi connectivity index (χ3n) is 8.79. The van der Waals surface area contributed by atoms with Gasteiger partial charge in [-0.1, -0.05) is 0 Å². The normalized spacial score (nSPS) is 29.9. The SMILES string of the molecule is C[C@H]1CCCN1Cc1cc(O)c2c(c1F)C[C@H]1C[C@H]3[C@H](N(C)C)C(=O)C(C(N)=O)=C(O)[C@@]3(O)C(=O)C1=C2O.Cl.Cl. The third-order valence-corrected chi connectivity index (χ3v) is 8.79. The molecule has 0 bridgehead atoms. The summed E-state index contributed by atoms with van der Waals surface area (Å²) in [6.07, 6.45) is 1.83. The average molecular weight is 602 g/mol. The molecule has 5 rings (SSSR count). The zero-order chi connectivity index (χ0) is 27.8. The largest absolute Gasteiger partial charge is 0.508 e. The maximum Gasteiger partial charge on any atom is 0.255 e. The lowest BCUT2D eigenvalue weighted by atomic mass is 9.57. The van der Waals surface area contributed by atoms with Gasteiger partial charge >= 0.3 is 0 Å². The fourth-order valence-corrected chi connectivity index (χ4v) is 6.91. The van der Waals surface area contributed by atoms with Crippen LogP contribution in [0, 0.1) is 17.7 Å². The number of aliphatic hydroxyl groups excluding tert-OH is 2. The lowest BCUT2D eigenvalue weighted by Gasteiger charge is -2.50. The van der Waals surface area contributed by atoms with E-state index in [2.05, 4.69) is 11.8 Å². The number of rotatable bonds is 4. The van der Waals surface area contributed by atoms with Crippen molar-refractivity contribution in [2.75, 3.05) is 20.6 Å². The van der Waals surface area contributed by atoms with Gasteiger partial charge in [-0.3, -0.25) is 24.2 Å². The second kappa shape index (κ2) is 10.9. The van der Waals surface area contributed by atoms with Crippen molar-refractivity contribution in [3.05, 3.63) is 45.5 Å². The van der Waals surface area contributed by atoms with E-state index in [4.69, 9.17) is 5.73 Å². The van der Waals surface area contributed by atoms with E-state index in [9.17, 15) is 34.8 Å². The van der Waals surface area contributed by atoms with Crippen LogP contribution in [0.25, 0.3) is 5.76 Å². The Labute approximate surface area is 243 Å². The highest BCUT2D eigenvalue weighted by atomic mass is 35.5. The number of Topliss-reactive ketones (excluding diaryl/α,β-unsaturated/α-hetero) is 2. The molecule has 1 aromatic rings. The number of likely N-dealkylation sites (tertiary alicyclic amines) is 1. The number of phenols is 1. The number of phenolic OH excluding ortho intramolecular Hbond substituents is 1. The highest BCUT2D eigenvalue weighted by molar-refractivity contribution is 6.24. The minimum atomic E-state index is -2.72. The van der Waals surface area contributed by atoms with Crippen molar-refractivity contribution in [1.82, 2.24) is 9.80 Å². The van der Waals surface area contributed by atoms with Crippen molar-refractivity contribution in [1.29, 1.82) is 0 Å². The zero-order valence-corrected chi connectivity index (χ0v) is 23.9. The van der Waals surface area contributed by atoms with Crippen LogP contribution in [0.5, 0.6) is 5.75 Å². The highest BCUT2D eigenvalue weighted by Gasteiger charge is 2.64. The summed E-state index contributed by atoms with van der Waals surface area (Å²) in [5, 5.41) is 44.5. The van der Waals surface area contributed by atoms with Crippen LogP contribution in [0.3, 0.4) is 0 Å². The van der Waals surface area contributed by atoms with Crippen molar-refractivity contribution in [3.8, 4) is 5.75 Å². The zero-order valence-electron chi connectivity index (χ0n) is 22.3. The Morgan fingerprint density at radius 3 is 2.42 bits per heavy atom. The number of primary amides is 1. The number of carbonyl (C=O) groups is 3. The molecule has 1 saturated heterocycles. The number of aliphatic hydroxyl groups is 3. The molecule has 1 aromatic carbocycles. The van der Waals surface area contributed by atoms with E-state index in [0.29, 0.717) is 0 Å². The van der Waals surface area contributed by atoms with Crippen LogP contribution in [-0.4, -0.2) is 86.0 Å². The van der Waals surface area contributed by atoms with Gasteiger partial charge in [0, 0.05) is 35.2 Å². The van der Waals surface area contributed by atoms with Crippen molar-refractivity contribution >= 4 is 48.0 Å². The van der Waals surface area contributed by atoms with Crippen molar-refractivity contribution in [3.63, 3.8) is 0 Å². The fourth-order valence-electron chi connectivity index (χ4n) is 6.91. The molecule has 0 aromatic heterocycles. The number of nitrogens with two attached hydrogens (primary N) is 1. The van der Waals surface area contributed by atoms with Gasteiger partial charge < -0.3 is 26.2 Å². The number of hydrogen-bond donors (Lipinski definition) is 5. The molecule has 4 aliphatic rings. The molecule has 1 saturated carbocycles. The van der Waals surface area contributed by atoms with Crippen molar-refractivity contribution < 1.29 is 39.2 Å². The Hall–Kier alpha value is -2.70. The first kappa shape index (κ1) is 31.8. The number of ketones is 2. The number of hydrogen-bond acceptors (Lipinski definition) is 9. The van der Waals surface area contributed by atoms with Gasteiger partial charge in [0.05, 0.1) is 11.6 Å². The Bertz CT molecular complexity index is 1350. The van der Waals surface area contributed by atoms with E-state index in [1.165, 1.54) is 25.1 Å². The fraction of sp³-hybridized carbons (Fsp3) is 0.519. The number of likely N-dealkylation sites (N-methyl/N-ethyl adjacent to an activating group) is 1. The van der Waals surface area contributed by atoms with Crippen molar-refractivity contribution in [2.45, 2.75) is 56.8 Å². The molecule has 1 heterocycles. The van der Waals surface area contributed by atoms with E-state index in [1.807, 2.05) is 0 Å². The summed E-state index contributed by atoms with van der Waals surface area (Å²) in [6.45, 7) is 3.14. The summed E-state index contributed by atoms with van der Waals surface area (Å²) < 4.78 is 15.9. The third kappa shape index (κ3) is 4.39. The molecule has 220 valence electrons. The van der Waals surface area contributed by atoms with Gasteiger partial charge in [0.2, 0.25) is 5.78 Å². The van der Waals surface area contributed by atoms with Crippen LogP contribution in [0.15, 0.2) is 23.0 Å². The number of benzene rings is 1. The maximum absolute atomic E-state index is 15.9. The number of carbonyl (C=O) groups excluding carboxylic acids is 3. The van der Waals surface area contributed by atoms with Gasteiger partial charge in [0.15, 0.2) is 11.4 Å². The molecule has 0 spiro atoms. The quantitative estimate of drug-likeness (QED) is 0.324. The summed E-state index contributed by atoms with van der Waals surface area (Å²) in [7, 11) is 3.05. The van der Waals surface area contributed by atoms with E-state index >= 15 is 4.39 Å². The molecule has 2 fully saturated rings. The molecular formula is C27H34Cl2FN3O7. The minimum absolute atomic E-state index is 0. The van der Waals surface area contributed by atoms with Gasteiger partial charge in [-0.2, -0.15) is 0 Å². The second-order valence-electron chi connectivity index (χ2n) is 11.1. The molecule has 5 atom stereocenters. The van der Waals surface area contributed by atoms with E-state index in [0.717, 1.165) is 19.4 Å². The minimum Gasteiger partial charge on any atom is -0.508 e. The molecule has 40 heavy (non-hydrogen) atoms. The van der Waals surface area contributed by atoms with Gasteiger partial charge in [0.25, 0.3) is 5.91 Å². The van der Waals surface area contributed by atoms with E-state index in [-0.39, 0.29) is 72.5 Å². The molecule has 10 nitrogen and oxygen atoms in total. The molecule has 3 aliphatic carbocycles. The summed E-state index contributed by atoms with van der Waals surface area (Å²) >= 11 is 0. The first-order valence-corrected chi connectivity index (χ1v) is 12.7. The van der Waals surface area contributed by atoms with Crippen LogP contribution < -0.4 is 5.73 Å². The van der Waals surface area contributed by atoms with Crippen LogP contribution in [0.1, 0.15) is 42.9 Å². The van der Waals surface area contributed by atoms with Gasteiger partial charge in [-0.25, -0.2) is 4.39 Å². The van der Waals surface area contributed by atoms with Crippen molar-refractivity contribution in [2.24, 2.45) is 17.6 Å². The lowest BCUT2D eigenvalue weighted by molar-refractivity contribution is -0.153. The van der Waals surface area contributed by atoms with Gasteiger partial charge in [-0.15, -0.1) is 24.8 Å². The number of nitrogens with zero attached hydrogens (tertiary/aromatic N) is 2. The molecule has 1 aliphatic heterocycles. The number of aromatic hydroxyl groups is 1. The van der Waals surface area contributed by atoms with E-state index in [1.54, 1.807) is 0 Å². The monoisotopic (exact) mass is 601 g/mol. The first-order valence-electron chi connectivity index (χ1n) is 12.7. The molecule has 0 unspecified atom stereocenters. The van der Waals surface area contributed by atoms with Crippen LogP contribution in [0.4, 0.5) is 4.39 Å². The molecule has 1 amide bonds. The average Bonchev–Trinajstić information content (AvgIpc) is 3.23. The second-order valence-corrected chi connectivity index (χ2v) is 11.1. The summed E-state index contributed by atoms with van der Waals surface area (Å²) in [5.41, 5.74) is 1.52. The number of fused-ring (bicyclic) bond motifs is 3. The lowest BCUT2D eigenvalue weighted by Crippen LogP contribution is -2.65. The van der Waals surface area contributed by atoms with Crippen LogP contribution in [0.2, 0.25) is 0 Å². The molecular weight excluding hydrogens is 568 g/mol. The summed E-state index contributed by atoms with van der Waals surface area (Å²) in [6, 6.07) is 0.318.